The van der Waals surface area contributed by atoms with Crippen molar-refractivity contribution in [2.75, 3.05) is 43.9 Å². The molecule has 0 atom stereocenters. The predicted molar refractivity (Wildman–Crippen MR) is 122 cm³/mol. The lowest BCUT2D eigenvalue weighted by atomic mass is 10.0. The van der Waals surface area contributed by atoms with E-state index in [-0.39, 0.29) is 22.4 Å². The summed E-state index contributed by atoms with van der Waals surface area (Å²) in [6.45, 7) is 3.29. The van der Waals surface area contributed by atoms with Crippen LogP contribution in [0.4, 0.5) is 17.3 Å². The van der Waals surface area contributed by atoms with Gasteiger partial charge in [0.25, 0.3) is 5.91 Å². The normalized spacial score (nSPS) is 13.8. The van der Waals surface area contributed by atoms with Gasteiger partial charge in [0, 0.05) is 37.8 Å². The average Bonchev–Trinajstić information content (AvgIpc) is 3.20. The molecule has 11 nitrogen and oxygen atoms in total. The number of benzene rings is 1. The maximum absolute atomic E-state index is 13.4. The number of aromatic nitrogens is 2. The van der Waals surface area contributed by atoms with Crippen molar-refractivity contribution < 1.29 is 19.0 Å². The minimum Gasteiger partial charge on any atom is -0.496 e. The van der Waals surface area contributed by atoms with Gasteiger partial charge in [0.1, 0.15) is 22.8 Å². The average molecular weight is 473 g/mol. The lowest BCUT2D eigenvalue weighted by Crippen LogP contribution is -2.49. The topological polar surface area (TPSA) is 141 Å². The van der Waals surface area contributed by atoms with Crippen LogP contribution >= 0.6 is 11.6 Å². The van der Waals surface area contributed by atoms with Crippen LogP contribution in [0.25, 0.3) is 11.3 Å². The number of nitrogens with zero attached hydrogens (tertiary/aromatic N) is 5. The number of amides is 1. The van der Waals surface area contributed by atoms with Crippen molar-refractivity contribution in [1.82, 2.24) is 15.0 Å². The molecule has 33 heavy (non-hydrogen) atoms. The first-order chi connectivity index (χ1) is 15.8. The number of hydrogen-bond acceptors (Lipinski definition) is 9. The highest BCUT2D eigenvalue weighted by molar-refractivity contribution is 6.33. The minimum absolute atomic E-state index is 0.129. The number of carbonyl (C=O) groups excluding carboxylic acids is 1. The fourth-order valence-corrected chi connectivity index (χ4v) is 4.04. The second kappa shape index (κ2) is 8.94. The van der Waals surface area contributed by atoms with Gasteiger partial charge in [0.15, 0.2) is 5.82 Å². The second-order valence-electron chi connectivity index (χ2n) is 7.40. The van der Waals surface area contributed by atoms with Crippen molar-refractivity contribution in [3.05, 3.63) is 56.8 Å². The third kappa shape index (κ3) is 4.14. The van der Waals surface area contributed by atoms with Gasteiger partial charge in [0.2, 0.25) is 5.82 Å². The Morgan fingerprint density at radius 3 is 2.64 bits per heavy atom. The zero-order chi connectivity index (χ0) is 23.7. The summed E-state index contributed by atoms with van der Waals surface area (Å²) in [5, 5.41) is 15.3. The fourth-order valence-electron chi connectivity index (χ4n) is 3.78. The molecule has 172 valence electrons. The number of ether oxygens (including phenoxy) is 1. The SMILES string of the molecule is COc1ccccc1-c1noc(C)c1C(=O)N1CCN(c2nc(N)c([N+](=O)[O-])cc2Cl)CC1. The molecular weight excluding hydrogens is 452 g/mol. The van der Waals surface area contributed by atoms with Crippen LogP contribution in [0.5, 0.6) is 5.75 Å². The van der Waals surface area contributed by atoms with Gasteiger partial charge in [-0.3, -0.25) is 14.9 Å². The molecule has 4 rings (SSSR count). The van der Waals surface area contributed by atoms with Crippen LogP contribution in [0, 0.1) is 17.0 Å². The molecule has 2 N–H and O–H groups in total. The Labute approximate surface area is 193 Å². The molecule has 0 saturated carbocycles. The maximum atomic E-state index is 13.4. The van der Waals surface area contributed by atoms with E-state index in [1.54, 1.807) is 25.0 Å². The first-order valence-electron chi connectivity index (χ1n) is 10.1. The smallest absolute Gasteiger partial charge is 0.312 e. The van der Waals surface area contributed by atoms with Crippen molar-refractivity contribution in [1.29, 1.82) is 0 Å². The minimum atomic E-state index is -0.630. The highest BCUT2D eigenvalue weighted by Crippen LogP contribution is 2.34. The van der Waals surface area contributed by atoms with Crippen molar-refractivity contribution in [2.24, 2.45) is 0 Å². The number of methoxy groups -OCH3 is 1. The summed E-state index contributed by atoms with van der Waals surface area (Å²) in [7, 11) is 1.55. The van der Waals surface area contributed by atoms with E-state index in [0.29, 0.717) is 60.3 Å². The van der Waals surface area contributed by atoms with Crippen LogP contribution < -0.4 is 15.4 Å². The molecule has 1 amide bonds. The number of para-hydroxylation sites is 1. The van der Waals surface area contributed by atoms with Crippen LogP contribution in [0.1, 0.15) is 16.1 Å². The summed E-state index contributed by atoms with van der Waals surface area (Å²) >= 11 is 6.22. The van der Waals surface area contributed by atoms with Crippen LogP contribution in [0.15, 0.2) is 34.9 Å². The number of halogens is 1. The highest BCUT2D eigenvalue weighted by Gasteiger charge is 2.31. The molecule has 3 aromatic rings. The molecule has 0 radical (unpaired) electrons. The van der Waals surface area contributed by atoms with Gasteiger partial charge >= 0.3 is 5.69 Å². The van der Waals surface area contributed by atoms with Crippen molar-refractivity contribution in [3.63, 3.8) is 0 Å². The van der Waals surface area contributed by atoms with Gasteiger partial charge in [0.05, 0.1) is 17.1 Å². The number of rotatable bonds is 5. The van der Waals surface area contributed by atoms with Gasteiger partial charge in [-0.1, -0.05) is 28.9 Å². The number of carbonyl (C=O) groups is 1. The van der Waals surface area contributed by atoms with E-state index in [0.717, 1.165) is 0 Å². The van der Waals surface area contributed by atoms with Crippen molar-refractivity contribution in [2.45, 2.75) is 6.92 Å². The molecule has 2 aromatic heterocycles. The van der Waals surface area contributed by atoms with E-state index in [4.69, 9.17) is 26.6 Å². The Morgan fingerprint density at radius 2 is 1.97 bits per heavy atom. The third-order valence-corrected chi connectivity index (χ3v) is 5.75. The number of nitrogen functional groups attached to an aromatic ring is 1. The maximum Gasteiger partial charge on any atom is 0.312 e. The van der Waals surface area contributed by atoms with Gasteiger partial charge in [-0.2, -0.15) is 0 Å². The zero-order valence-corrected chi connectivity index (χ0v) is 18.7. The van der Waals surface area contributed by atoms with Crippen LogP contribution in [0.3, 0.4) is 0 Å². The van der Waals surface area contributed by atoms with E-state index in [9.17, 15) is 14.9 Å². The predicted octanol–water partition coefficient (Wildman–Crippen LogP) is 3.16. The lowest BCUT2D eigenvalue weighted by molar-refractivity contribution is -0.384. The van der Waals surface area contributed by atoms with Crippen LogP contribution in [0.2, 0.25) is 5.02 Å². The quantitative estimate of drug-likeness (QED) is 0.437. The Balaban J connectivity index is 1.54. The molecule has 0 bridgehead atoms. The number of nitrogens with two attached hydrogens (primary N) is 1. The number of hydrogen-bond donors (Lipinski definition) is 1. The van der Waals surface area contributed by atoms with Crippen molar-refractivity contribution >= 4 is 34.8 Å². The first-order valence-corrected chi connectivity index (χ1v) is 10.4. The highest BCUT2D eigenvalue weighted by atomic mass is 35.5. The molecule has 1 fully saturated rings. The number of pyridine rings is 1. The Hall–Kier alpha value is -3.86. The van der Waals surface area contributed by atoms with E-state index in [1.807, 2.05) is 23.1 Å². The largest absolute Gasteiger partial charge is 0.496 e. The third-order valence-electron chi connectivity index (χ3n) is 5.47. The first kappa shape index (κ1) is 22.3. The Bertz CT molecular complexity index is 1220. The summed E-state index contributed by atoms with van der Waals surface area (Å²) in [4.78, 5) is 31.4. The molecule has 1 aliphatic heterocycles. The summed E-state index contributed by atoms with van der Waals surface area (Å²) in [6, 6.07) is 8.47. The molecule has 0 spiro atoms. The van der Waals surface area contributed by atoms with Gasteiger partial charge in [-0.15, -0.1) is 0 Å². The molecule has 0 unspecified atom stereocenters. The van der Waals surface area contributed by atoms with Gasteiger partial charge in [-0.05, 0) is 19.1 Å². The van der Waals surface area contributed by atoms with E-state index in [2.05, 4.69) is 10.1 Å². The summed E-state index contributed by atoms with van der Waals surface area (Å²) in [6.07, 6.45) is 0. The number of anilines is 2. The molecule has 12 heteroatoms. The molecule has 1 aromatic carbocycles. The molecule has 3 heterocycles. The standard InChI is InChI=1S/C21H21ClN6O5/c1-12-17(18(25-33-12)13-5-3-4-6-16(13)32-2)21(29)27-9-7-26(8-10-27)20-14(22)11-15(28(30)31)19(23)24-20/h3-6,11H,7-10H2,1-2H3,(H2,23,24). The summed E-state index contributed by atoms with van der Waals surface area (Å²) in [5.41, 5.74) is 6.84. The van der Waals surface area contributed by atoms with E-state index >= 15 is 0 Å². The lowest BCUT2D eigenvalue weighted by Gasteiger charge is -2.35. The summed E-state index contributed by atoms with van der Waals surface area (Å²) < 4.78 is 10.8. The van der Waals surface area contributed by atoms with E-state index in [1.165, 1.54) is 6.07 Å². The second-order valence-corrected chi connectivity index (χ2v) is 7.80. The molecule has 1 saturated heterocycles. The van der Waals surface area contributed by atoms with Crippen molar-refractivity contribution in [3.8, 4) is 17.0 Å². The van der Waals surface area contributed by atoms with Crippen LogP contribution in [-0.2, 0) is 0 Å². The molecule has 1 aliphatic rings. The Kier molecular flexibility index (Phi) is 6.05. The monoisotopic (exact) mass is 472 g/mol. The number of nitro groups is 1. The van der Waals surface area contributed by atoms with Gasteiger partial charge in [-0.25, -0.2) is 4.98 Å². The molecular formula is C21H21ClN6O5. The molecule has 0 aliphatic carbocycles. The number of aryl methyl sites for hydroxylation is 1. The van der Waals surface area contributed by atoms with Crippen LogP contribution in [-0.4, -0.2) is 59.2 Å². The van der Waals surface area contributed by atoms with E-state index < -0.39 is 4.92 Å². The summed E-state index contributed by atoms with van der Waals surface area (Å²) in [5.74, 6) is 0.927. The fraction of sp³-hybridized carbons (Fsp3) is 0.286. The zero-order valence-electron chi connectivity index (χ0n) is 17.9. The number of piperazine rings is 1. The van der Waals surface area contributed by atoms with Gasteiger partial charge < -0.3 is 24.8 Å². The Morgan fingerprint density at radius 1 is 1.27 bits per heavy atom.